The molecule has 1 unspecified atom stereocenters. The van der Waals surface area contributed by atoms with Crippen LogP contribution in [0.25, 0.3) is 0 Å². The summed E-state index contributed by atoms with van der Waals surface area (Å²) >= 11 is 0. The van der Waals surface area contributed by atoms with E-state index in [1.165, 1.54) is 19.3 Å². The van der Waals surface area contributed by atoms with Crippen LogP contribution in [0, 0.1) is 5.41 Å². The van der Waals surface area contributed by atoms with Crippen LogP contribution in [0.2, 0.25) is 0 Å². The molecule has 0 saturated carbocycles. The SMILES string of the molecule is CN=C(NCc1nnc2n1CCCCC2)N1CCCC2(CNC(=O)C2)C1. The molecule has 1 spiro atoms. The first-order valence-electron chi connectivity index (χ1n) is 9.82. The van der Waals surface area contributed by atoms with Gasteiger partial charge in [0.25, 0.3) is 0 Å². The lowest BCUT2D eigenvalue weighted by molar-refractivity contribution is -0.119. The number of guanidine groups is 1. The van der Waals surface area contributed by atoms with Crippen molar-refractivity contribution >= 4 is 11.9 Å². The molecule has 1 atom stereocenters. The van der Waals surface area contributed by atoms with Crippen LogP contribution < -0.4 is 10.6 Å². The van der Waals surface area contributed by atoms with Gasteiger partial charge in [0.2, 0.25) is 5.91 Å². The van der Waals surface area contributed by atoms with Crippen LogP contribution in [0.1, 0.15) is 50.2 Å². The highest BCUT2D eigenvalue weighted by molar-refractivity contribution is 5.81. The molecule has 2 N–H and O–H groups in total. The highest BCUT2D eigenvalue weighted by Crippen LogP contribution is 2.36. The van der Waals surface area contributed by atoms with E-state index in [2.05, 4.69) is 35.3 Å². The van der Waals surface area contributed by atoms with Gasteiger partial charge in [-0.15, -0.1) is 10.2 Å². The fourth-order valence-electron chi connectivity index (χ4n) is 4.60. The summed E-state index contributed by atoms with van der Waals surface area (Å²) in [5.74, 6) is 3.18. The summed E-state index contributed by atoms with van der Waals surface area (Å²) in [4.78, 5) is 18.5. The molecule has 3 aliphatic rings. The monoisotopic (exact) mass is 359 g/mol. The van der Waals surface area contributed by atoms with Crippen molar-refractivity contribution in [2.24, 2.45) is 10.4 Å². The molecule has 142 valence electrons. The number of amides is 1. The van der Waals surface area contributed by atoms with Crippen molar-refractivity contribution in [1.29, 1.82) is 0 Å². The van der Waals surface area contributed by atoms with E-state index < -0.39 is 0 Å². The van der Waals surface area contributed by atoms with E-state index in [-0.39, 0.29) is 11.3 Å². The number of nitrogens with zero attached hydrogens (tertiary/aromatic N) is 5. The van der Waals surface area contributed by atoms with E-state index in [0.717, 1.165) is 63.0 Å². The van der Waals surface area contributed by atoms with Gasteiger partial charge < -0.3 is 20.1 Å². The van der Waals surface area contributed by atoms with Gasteiger partial charge in [-0.3, -0.25) is 9.79 Å². The van der Waals surface area contributed by atoms with Crippen LogP contribution in [-0.2, 0) is 24.3 Å². The van der Waals surface area contributed by atoms with Crippen molar-refractivity contribution in [2.75, 3.05) is 26.7 Å². The fraction of sp³-hybridized carbons (Fsp3) is 0.778. The maximum Gasteiger partial charge on any atom is 0.220 e. The summed E-state index contributed by atoms with van der Waals surface area (Å²) in [5.41, 5.74) is 0.0684. The van der Waals surface area contributed by atoms with Gasteiger partial charge in [0, 0.05) is 51.5 Å². The lowest BCUT2D eigenvalue weighted by Gasteiger charge is -2.40. The number of carbonyl (C=O) groups is 1. The predicted molar refractivity (Wildman–Crippen MR) is 98.6 cm³/mol. The third-order valence-corrected chi connectivity index (χ3v) is 5.96. The first-order valence-corrected chi connectivity index (χ1v) is 9.82. The smallest absolute Gasteiger partial charge is 0.220 e. The van der Waals surface area contributed by atoms with Crippen LogP contribution in [0.5, 0.6) is 0 Å². The van der Waals surface area contributed by atoms with Gasteiger partial charge in [-0.25, -0.2) is 0 Å². The summed E-state index contributed by atoms with van der Waals surface area (Å²) in [7, 11) is 1.83. The topological polar surface area (TPSA) is 87.4 Å². The second kappa shape index (κ2) is 7.25. The normalized spacial score (nSPS) is 26.6. The number of nitrogens with one attached hydrogen (secondary N) is 2. The highest BCUT2D eigenvalue weighted by Gasteiger charge is 2.42. The summed E-state index contributed by atoms with van der Waals surface area (Å²) in [6, 6.07) is 0. The van der Waals surface area contributed by atoms with Gasteiger partial charge in [-0.2, -0.15) is 0 Å². The lowest BCUT2D eigenvalue weighted by atomic mass is 9.79. The van der Waals surface area contributed by atoms with Crippen molar-refractivity contribution in [3.05, 3.63) is 11.6 Å². The minimum Gasteiger partial charge on any atom is -0.355 e. The Balaban J connectivity index is 1.41. The average molecular weight is 359 g/mol. The Morgan fingerprint density at radius 2 is 2.19 bits per heavy atom. The average Bonchev–Trinajstić information content (AvgIpc) is 3.10. The molecule has 1 amide bonds. The number of hydrogen-bond acceptors (Lipinski definition) is 4. The summed E-state index contributed by atoms with van der Waals surface area (Å²) in [5, 5.41) is 15.2. The van der Waals surface area contributed by atoms with E-state index >= 15 is 0 Å². The zero-order valence-corrected chi connectivity index (χ0v) is 15.6. The molecule has 0 radical (unpaired) electrons. The Morgan fingerprint density at radius 3 is 3.00 bits per heavy atom. The summed E-state index contributed by atoms with van der Waals surface area (Å²) in [6.45, 7) is 4.30. The number of rotatable bonds is 2. The lowest BCUT2D eigenvalue weighted by Crippen LogP contribution is -2.51. The molecule has 4 rings (SSSR count). The molecular formula is C18H29N7O. The third-order valence-electron chi connectivity index (χ3n) is 5.96. The Morgan fingerprint density at radius 1 is 1.27 bits per heavy atom. The first kappa shape index (κ1) is 17.3. The van der Waals surface area contributed by atoms with Crippen LogP contribution in [0.15, 0.2) is 4.99 Å². The van der Waals surface area contributed by atoms with Crippen molar-refractivity contribution in [1.82, 2.24) is 30.3 Å². The summed E-state index contributed by atoms with van der Waals surface area (Å²) in [6.07, 6.45) is 7.53. The zero-order valence-electron chi connectivity index (χ0n) is 15.6. The van der Waals surface area contributed by atoms with E-state index in [4.69, 9.17) is 0 Å². The maximum absolute atomic E-state index is 11.7. The van der Waals surface area contributed by atoms with Gasteiger partial charge in [-0.05, 0) is 25.7 Å². The second-order valence-corrected chi connectivity index (χ2v) is 7.87. The highest BCUT2D eigenvalue weighted by atomic mass is 16.1. The van der Waals surface area contributed by atoms with Gasteiger partial charge in [0.05, 0.1) is 6.54 Å². The van der Waals surface area contributed by atoms with Gasteiger partial charge in [0.1, 0.15) is 5.82 Å². The maximum atomic E-state index is 11.7. The molecule has 26 heavy (non-hydrogen) atoms. The standard InChI is InChI=1S/C18H29N7O/c1-19-17(24-8-5-7-18(13-24)10-16(26)21-12-18)20-11-15-23-22-14-6-3-2-4-9-25(14)15/h2-13H2,1H3,(H,19,20)(H,21,26). The largest absolute Gasteiger partial charge is 0.355 e. The molecule has 0 aliphatic carbocycles. The molecular weight excluding hydrogens is 330 g/mol. The van der Waals surface area contributed by atoms with E-state index in [9.17, 15) is 4.79 Å². The Hall–Kier alpha value is -2.12. The van der Waals surface area contributed by atoms with E-state index in [0.29, 0.717) is 13.0 Å². The molecule has 8 heteroatoms. The predicted octanol–water partition coefficient (Wildman–Crippen LogP) is 0.682. The Bertz CT molecular complexity index is 698. The van der Waals surface area contributed by atoms with Gasteiger partial charge in [0.15, 0.2) is 11.8 Å². The van der Waals surface area contributed by atoms with E-state index in [1.54, 1.807) is 0 Å². The molecule has 2 fully saturated rings. The van der Waals surface area contributed by atoms with Crippen molar-refractivity contribution in [2.45, 2.75) is 58.0 Å². The Kier molecular flexibility index (Phi) is 4.82. The number of aliphatic imine (C=N–C) groups is 1. The van der Waals surface area contributed by atoms with E-state index in [1.807, 2.05) is 7.05 Å². The van der Waals surface area contributed by atoms with Crippen molar-refractivity contribution in [3.8, 4) is 0 Å². The van der Waals surface area contributed by atoms with Crippen molar-refractivity contribution in [3.63, 3.8) is 0 Å². The molecule has 2 saturated heterocycles. The third kappa shape index (κ3) is 3.41. The quantitative estimate of drug-likeness (QED) is 0.599. The first-order chi connectivity index (χ1) is 12.7. The molecule has 0 bridgehead atoms. The molecule has 1 aromatic rings. The number of hydrogen-bond donors (Lipinski definition) is 2. The van der Waals surface area contributed by atoms with Gasteiger partial charge >= 0.3 is 0 Å². The number of fused-ring (bicyclic) bond motifs is 1. The minimum absolute atomic E-state index is 0.0684. The zero-order chi connectivity index (χ0) is 18.0. The number of piperidine rings is 1. The van der Waals surface area contributed by atoms with Crippen LogP contribution >= 0.6 is 0 Å². The second-order valence-electron chi connectivity index (χ2n) is 7.87. The molecule has 3 aliphatic heterocycles. The summed E-state index contributed by atoms with van der Waals surface area (Å²) < 4.78 is 2.27. The number of carbonyl (C=O) groups excluding carboxylic acids is 1. The Labute approximate surface area is 154 Å². The fourth-order valence-corrected chi connectivity index (χ4v) is 4.60. The molecule has 8 nitrogen and oxygen atoms in total. The molecule has 4 heterocycles. The van der Waals surface area contributed by atoms with Crippen LogP contribution in [0.3, 0.4) is 0 Å². The van der Waals surface area contributed by atoms with Crippen molar-refractivity contribution < 1.29 is 4.79 Å². The molecule has 0 aromatic carbocycles. The number of aromatic nitrogens is 3. The number of aryl methyl sites for hydroxylation is 1. The van der Waals surface area contributed by atoms with Crippen LogP contribution in [-0.4, -0.2) is 58.2 Å². The number of likely N-dealkylation sites (tertiary alicyclic amines) is 1. The minimum atomic E-state index is 0.0684. The van der Waals surface area contributed by atoms with Crippen LogP contribution in [0.4, 0.5) is 0 Å². The molecule has 1 aromatic heterocycles. The van der Waals surface area contributed by atoms with Gasteiger partial charge in [-0.1, -0.05) is 6.42 Å².